The second-order valence-corrected chi connectivity index (χ2v) is 5.31. The molecule has 1 aromatic heterocycles. The van der Waals surface area contributed by atoms with Crippen LogP contribution in [0.15, 0.2) is 71.8 Å². The first-order chi connectivity index (χ1) is 11.7. The largest absolute Gasteiger partial charge is 0.465 e. The minimum Gasteiger partial charge on any atom is -0.465 e. The van der Waals surface area contributed by atoms with Crippen molar-refractivity contribution >= 4 is 34.6 Å². The smallest absolute Gasteiger partial charge is 0.296 e. The fourth-order valence-corrected chi connectivity index (χ4v) is 2.19. The Bertz CT molecular complexity index is 868. The molecule has 3 rings (SSSR count). The van der Waals surface area contributed by atoms with E-state index in [1.807, 2.05) is 42.5 Å². The average Bonchev–Trinajstić information content (AvgIpc) is 2.62. The quantitative estimate of drug-likeness (QED) is 0.440. The molecule has 1 heterocycles. The molecule has 0 aliphatic carbocycles. The van der Waals surface area contributed by atoms with E-state index < -0.39 is 11.5 Å². The molecule has 6 heteroatoms. The molecule has 0 fully saturated rings. The van der Waals surface area contributed by atoms with Crippen LogP contribution in [-0.4, -0.2) is 22.7 Å². The number of hydrazone groups is 1. The average molecular weight is 340 g/mol. The molecule has 0 bridgehead atoms. The zero-order valence-electron chi connectivity index (χ0n) is 12.6. The summed E-state index contributed by atoms with van der Waals surface area (Å²) in [5, 5.41) is 4.90. The van der Waals surface area contributed by atoms with E-state index in [-0.39, 0.29) is 0 Å². The molecule has 1 amide bonds. The number of aromatic nitrogens is 1. The lowest BCUT2D eigenvalue weighted by Crippen LogP contribution is -2.31. The first-order valence-electron chi connectivity index (χ1n) is 7.27. The molecule has 24 heavy (non-hydrogen) atoms. The van der Waals surface area contributed by atoms with Gasteiger partial charge in [-0.3, -0.25) is 4.79 Å². The number of benzene rings is 2. The molecule has 1 atom stereocenters. The molecule has 120 valence electrons. The number of amides is 1. The maximum Gasteiger partial charge on any atom is 0.296 e. The normalized spacial score (nSPS) is 12.2. The predicted molar refractivity (Wildman–Crippen MR) is 94.2 cm³/mol. The second kappa shape index (κ2) is 7.57. The van der Waals surface area contributed by atoms with Gasteiger partial charge in [0.2, 0.25) is 0 Å². The van der Waals surface area contributed by atoms with Crippen molar-refractivity contribution in [3.63, 3.8) is 0 Å². The summed E-state index contributed by atoms with van der Waals surface area (Å²) < 4.78 is 5.30. The number of hydrogen-bond acceptors (Lipinski definition) is 4. The minimum atomic E-state index is -1.17. The summed E-state index contributed by atoms with van der Waals surface area (Å²) in [6.07, 6.45) is 1.45. The number of para-hydroxylation sites is 2. The third kappa shape index (κ3) is 4.08. The van der Waals surface area contributed by atoms with Crippen LogP contribution in [0.3, 0.4) is 0 Å². The zero-order chi connectivity index (χ0) is 16.8. The third-order valence-corrected chi connectivity index (χ3v) is 3.47. The number of nitrogens with zero attached hydrogens (tertiary/aromatic N) is 2. The highest BCUT2D eigenvalue weighted by atomic mass is 35.5. The van der Waals surface area contributed by atoms with Gasteiger partial charge < -0.3 is 4.74 Å². The number of fused-ring (bicyclic) bond motifs is 1. The van der Waals surface area contributed by atoms with Gasteiger partial charge in [-0.1, -0.05) is 54.1 Å². The van der Waals surface area contributed by atoms with Crippen LogP contribution >= 0.6 is 11.6 Å². The molecule has 2 aromatic carbocycles. The van der Waals surface area contributed by atoms with Crippen LogP contribution in [-0.2, 0) is 4.79 Å². The Kier molecular flexibility index (Phi) is 5.03. The summed E-state index contributed by atoms with van der Waals surface area (Å²) >= 11 is 5.90. The van der Waals surface area contributed by atoms with Crippen molar-refractivity contribution in [1.29, 1.82) is 0 Å². The standard InChI is InChI=1S/C18H14ClN3O2/c19-17(24-15-7-2-1-3-8-15)18(23)22-20-12-14-11-10-13-6-4-5-9-16(13)21-14/h1-12,17H,(H,22,23). The lowest BCUT2D eigenvalue weighted by Gasteiger charge is -2.10. The molecule has 0 aliphatic rings. The molecule has 0 saturated carbocycles. The van der Waals surface area contributed by atoms with Gasteiger partial charge in [-0.25, -0.2) is 10.4 Å². The monoisotopic (exact) mass is 339 g/mol. The summed E-state index contributed by atoms with van der Waals surface area (Å²) in [4.78, 5) is 16.3. The summed E-state index contributed by atoms with van der Waals surface area (Å²) in [5.41, 5.74) is 2.65. The van der Waals surface area contributed by atoms with Gasteiger partial charge in [-0.15, -0.1) is 0 Å². The van der Waals surface area contributed by atoms with Crippen molar-refractivity contribution in [3.8, 4) is 5.75 Å². The van der Waals surface area contributed by atoms with Crippen molar-refractivity contribution in [2.75, 3.05) is 0 Å². The molecule has 0 spiro atoms. The van der Waals surface area contributed by atoms with Gasteiger partial charge in [0.15, 0.2) is 0 Å². The molecule has 0 saturated heterocycles. The van der Waals surface area contributed by atoms with E-state index in [4.69, 9.17) is 16.3 Å². The van der Waals surface area contributed by atoms with Crippen LogP contribution in [0, 0.1) is 0 Å². The number of nitrogens with one attached hydrogen (secondary N) is 1. The number of alkyl halides is 1. The lowest BCUT2D eigenvalue weighted by atomic mass is 10.2. The summed E-state index contributed by atoms with van der Waals surface area (Å²) in [7, 11) is 0. The van der Waals surface area contributed by atoms with Gasteiger partial charge in [-0.05, 0) is 24.3 Å². The van der Waals surface area contributed by atoms with Crippen LogP contribution in [0.25, 0.3) is 10.9 Å². The van der Waals surface area contributed by atoms with Crippen LogP contribution in [0.2, 0.25) is 0 Å². The fraction of sp³-hybridized carbons (Fsp3) is 0.0556. The van der Waals surface area contributed by atoms with E-state index in [1.165, 1.54) is 6.21 Å². The Labute approximate surface area is 143 Å². The molecule has 1 unspecified atom stereocenters. The van der Waals surface area contributed by atoms with Crippen molar-refractivity contribution in [3.05, 3.63) is 72.4 Å². The first-order valence-corrected chi connectivity index (χ1v) is 7.70. The van der Waals surface area contributed by atoms with Crippen molar-refractivity contribution in [1.82, 2.24) is 10.4 Å². The predicted octanol–water partition coefficient (Wildman–Crippen LogP) is 3.33. The van der Waals surface area contributed by atoms with Crippen molar-refractivity contribution in [2.24, 2.45) is 5.10 Å². The Morgan fingerprint density at radius 1 is 1.08 bits per heavy atom. The topological polar surface area (TPSA) is 63.6 Å². The van der Waals surface area contributed by atoms with E-state index in [0.29, 0.717) is 11.4 Å². The Balaban J connectivity index is 1.59. The van der Waals surface area contributed by atoms with Gasteiger partial charge in [0, 0.05) is 5.39 Å². The van der Waals surface area contributed by atoms with Crippen molar-refractivity contribution < 1.29 is 9.53 Å². The van der Waals surface area contributed by atoms with Gasteiger partial charge in [-0.2, -0.15) is 5.10 Å². The Hall–Kier alpha value is -2.92. The highest BCUT2D eigenvalue weighted by Crippen LogP contribution is 2.13. The number of carbonyl (C=O) groups is 1. The number of pyridine rings is 1. The second-order valence-electron chi connectivity index (χ2n) is 4.91. The Morgan fingerprint density at radius 2 is 1.83 bits per heavy atom. The highest BCUT2D eigenvalue weighted by Gasteiger charge is 2.16. The van der Waals surface area contributed by atoms with Crippen molar-refractivity contribution in [2.45, 2.75) is 5.56 Å². The van der Waals surface area contributed by atoms with E-state index in [9.17, 15) is 4.79 Å². The van der Waals surface area contributed by atoms with Crippen LogP contribution < -0.4 is 10.2 Å². The van der Waals surface area contributed by atoms with E-state index >= 15 is 0 Å². The molecular weight excluding hydrogens is 326 g/mol. The van der Waals surface area contributed by atoms with E-state index in [1.54, 1.807) is 24.3 Å². The maximum absolute atomic E-state index is 11.8. The first kappa shape index (κ1) is 16.0. The van der Waals surface area contributed by atoms with Gasteiger partial charge in [0.05, 0.1) is 17.4 Å². The molecular formula is C18H14ClN3O2. The lowest BCUT2D eigenvalue weighted by molar-refractivity contribution is -0.124. The van der Waals surface area contributed by atoms with Crippen LogP contribution in [0.1, 0.15) is 5.69 Å². The number of hydrogen-bond donors (Lipinski definition) is 1. The number of carbonyl (C=O) groups excluding carboxylic acids is 1. The SMILES string of the molecule is O=C(NN=Cc1ccc2ccccc2n1)C(Cl)Oc1ccccc1. The molecule has 0 radical (unpaired) electrons. The van der Waals surface area contributed by atoms with E-state index in [2.05, 4.69) is 15.5 Å². The Morgan fingerprint density at radius 3 is 2.67 bits per heavy atom. The zero-order valence-corrected chi connectivity index (χ0v) is 13.4. The van der Waals surface area contributed by atoms with Gasteiger partial charge in [0.25, 0.3) is 11.5 Å². The molecule has 0 aliphatic heterocycles. The van der Waals surface area contributed by atoms with Gasteiger partial charge in [0.1, 0.15) is 5.75 Å². The number of rotatable bonds is 5. The molecule has 3 aromatic rings. The summed E-state index contributed by atoms with van der Waals surface area (Å²) in [6, 6.07) is 20.4. The molecule has 1 N–H and O–H groups in total. The number of halogens is 1. The fourth-order valence-electron chi connectivity index (χ4n) is 2.04. The maximum atomic E-state index is 11.8. The highest BCUT2D eigenvalue weighted by molar-refractivity contribution is 6.29. The van der Waals surface area contributed by atoms with Gasteiger partial charge >= 0.3 is 0 Å². The summed E-state index contributed by atoms with van der Waals surface area (Å²) in [6.45, 7) is 0. The minimum absolute atomic E-state index is 0.507. The van der Waals surface area contributed by atoms with Crippen LogP contribution in [0.5, 0.6) is 5.75 Å². The molecule has 5 nitrogen and oxygen atoms in total. The third-order valence-electron chi connectivity index (χ3n) is 3.18. The summed E-state index contributed by atoms with van der Waals surface area (Å²) in [5.74, 6) is -0.0506. The van der Waals surface area contributed by atoms with Crippen LogP contribution in [0.4, 0.5) is 0 Å². The van der Waals surface area contributed by atoms with E-state index in [0.717, 1.165) is 10.9 Å². The number of ether oxygens (including phenoxy) is 1.